The number of hydrogen-bond donors (Lipinski definition) is 5. The van der Waals surface area contributed by atoms with Gasteiger partial charge in [-0.25, -0.2) is 0 Å². The van der Waals surface area contributed by atoms with Gasteiger partial charge in [0.1, 0.15) is 0 Å². The zero-order valence-electron chi connectivity index (χ0n) is 4.08. The van der Waals surface area contributed by atoms with Crippen molar-refractivity contribution in [3.05, 3.63) is 0 Å². The Morgan fingerprint density at radius 1 is 1.25 bits per heavy atom. The van der Waals surface area contributed by atoms with E-state index in [2.05, 4.69) is 0 Å². The first-order valence-electron chi connectivity index (χ1n) is 1.79. The fourth-order valence-corrected chi connectivity index (χ4v) is 0.130. The van der Waals surface area contributed by atoms with Gasteiger partial charge < -0.3 is 5.73 Å². The van der Waals surface area contributed by atoms with Crippen molar-refractivity contribution in [3.8, 4) is 0 Å². The van der Waals surface area contributed by atoms with E-state index in [4.69, 9.17) is 22.3 Å². The summed E-state index contributed by atoms with van der Waals surface area (Å²) in [5, 5.41) is 12.9. The van der Waals surface area contributed by atoms with Crippen molar-refractivity contribution < 1.29 is 0 Å². The minimum absolute atomic E-state index is 0.318. The van der Waals surface area contributed by atoms with Crippen LogP contribution in [0, 0.1) is 10.8 Å². The third kappa shape index (κ3) is 4.54. The molecule has 0 atom stereocenters. The molecule has 6 nitrogen and oxygen atoms in total. The molecule has 0 saturated heterocycles. The minimum atomic E-state index is -0.528. The molecule has 0 aliphatic carbocycles. The smallest absolute Gasteiger partial charge is 0.226 e. The highest BCUT2D eigenvalue weighted by atomic mass is 15.4. The fourth-order valence-electron chi connectivity index (χ4n) is 0.130. The summed E-state index contributed by atoms with van der Waals surface area (Å²) < 4.78 is 0. The predicted octanol–water partition coefficient (Wildman–Crippen LogP) is -1.81. The van der Waals surface area contributed by atoms with Crippen LogP contribution in [-0.4, -0.2) is 11.9 Å². The van der Waals surface area contributed by atoms with Gasteiger partial charge in [-0.2, -0.15) is 0 Å². The first-order valence-corrected chi connectivity index (χ1v) is 1.79. The number of nitrogens with two attached hydrogens (primary N) is 1. The maximum atomic E-state index is 6.51. The number of hydrogen-bond acceptors (Lipinski definition) is 2. The van der Waals surface area contributed by atoms with Gasteiger partial charge in [-0.05, 0) is 0 Å². The van der Waals surface area contributed by atoms with Crippen LogP contribution in [0.25, 0.3) is 0 Å². The van der Waals surface area contributed by atoms with Gasteiger partial charge in [0.2, 0.25) is 11.9 Å². The maximum Gasteiger partial charge on any atom is 0.226 e. The summed E-state index contributed by atoms with van der Waals surface area (Å²) in [6, 6.07) is 0. The molecule has 0 amide bonds. The van der Waals surface area contributed by atoms with Gasteiger partial charge in [-0.1, -0.05) is 0 Å². The van der Waals surface area contributed by atoms with Gasteiger partial charge in [0.15, 0.2) is 0 Å². The highest BCUT2D eigenvalue weighted by molar-refractivity contribution is 5.79. The average molecular weight is 115 g/mol. The monoisotopic (exact) mass is 115 g/mol. The predicted molar refractivity (Wildman–Crippen MR) is 29.0 cm³/mol. The Kier molecular flexibility index (Phi) is 2.18. The molecule has 0 aromatic rings. The van der Waals surface area contributed by atoms with Crippen molar-refractivity contribution in [2.45, 2.75) is 0 Å². The van der Waals surface area contributed by atoms with Crippen LogP contribution in [0.15, 0.2) is 0 Å². The Balaban J connectivity index is 3.18. The molecule has 0 aliphatic heterocycles. The van der Waals surface area contributed by atoms with Crippen LogP contribution in [0.1, 0.15) is 0 Å². The third-order valence-corrected chi connectivity index (χ3v) is 0.322. The summed E-state index contributed by atoms with van der Waals surface area (Å²) in [7, 11) is 0. The third-order valence-electron chi connectivity index (χ3n) is 0.322. The molecule has 0 rings (SSSR count). The minimum Gasteiger partial charge on any atom is -0.369 e. The van der Waals surface area contributed by atoms with Crippen molar-refractivity contribution in [2.24, 2.45) is 5.73 Å². The Morgan fingerprint density at radius 3 is 1.88 bits per heavy atom. The highest BCUT2D eigenvalue weighted by Gasteiger charge is 1.83. The second-order valence-electron chi connectivity index (χ2n) is 1.04. The van der Waals surface area contributed by atoms with Crippen molar-refractivity contribution >= 4 is 11.9 Å². The zero-order valence-corrected chi connectivity index (χ0v) is 4.08. The van der Waals surface area contributed by atoms with Gasteiger partial charge in [-0.3, -0.25) is 27.4 Å². The van der Waals surface area contributed by atoms with Crippen molar-refractivity contribution in [3.63, 3.8) is 0 Å². The summed E-state index contributed by atoms with van der Waals surface area (Å²) >= 11 is 0. The molecule has 0 fully saturated rings. The molecule has 0 aromatic heterocycles. The molecule has 0 heterocycles. The van der Waals surface area contributed by atoms with Gasteiger partial charge in [0, 0.05) is 0 Å². The van der Waals surface area contributed by atoms with E-state index in [1.165, 1.54) is 0 Å². The van der Waals surface area contributed by atoms with Crippen LogP contribution in [-0.2, 0) is 0 Å². The SMILES string of the molecule is [NH]C(=N)NNC(=N)N. The van der Waals surface area contributed by atoms with E-state index in [1.54, 1.807) is 0 Å². The van der Waals surface area contributed by atoms with E-state index >= 15 is 0 Å². The van der Waals surface area contributed by atoms with Crippen LogP contribution in [0.2, 0.25) is 0 Å². The molecule has 0 bridgehead atoms. The molecule has 0 aromatic carbocycles. The fraction of sp³-hybridized carbons (Fsp3) is 0. The summed E-state index contributed by atoms with van der Waals surface area (Å²) in [5.74, 6) is -0.845. The summed E-state index contributed by atoms with van der Waals surface area (Å²) in [4.78, 5) is 0. The number of rotatable bonds is 0. The quantitative estimate of drug-likeness (QED) is 0.145. The van der Waals surface area contributed by atoms with Gasteiger partial charge in [0.05, 0.1) is 0 Å². The molecule has 0 saturated carbocycles. The summed E-state index contributed by atoms with van der Waals surface area (Å²) in [6.45, 7) is 0. The van der Waals surface area contributed by atoms with Crippen LogP contribution in [0.5, 0.6) is 0 Å². The average Bonchev–Trinajstić information content (AvgIpc) is 1.61. The Labute approximate surface area is 46.2 Å². The molecule has 0 spiro atoms. The molecular formula is C2H7N6. The van der Waals surface area contributed by atoms with E-state index < -0.39 is 5.96 Å². The lowest BCUT2D eigenvalue weighted by Gasteiger charge is -2.01. The topological polar surface area (TPSA) is 122 Å². The van der Waals surface area contributed by atoms with Gasteiger partial charge >= 0.3 is 0 Å². The lowest BCUT2D eigenvalue weighted by molar-refractivity contribution is 0.830. The summed E-state index contributed by atoms with van der Waals surface area (Å²) in [5.41, 5.74) is 15.2. The second-order valence-corrected chi connectivity index (χ2v) is 1.04. The van der Waals surface area contributed by atoms with Gasteiger partial charge in [0.25, 0.3) is 0 Å². The number of hydrazine groups is 1. The van der Waals surface area contributed by atoms with Crippen LogP contribution >= 0.6 is 0 Å². The van der Waals surface area contributed by atoms with Crippen LogP contribution in [0.3, 0.4) is 0 Å². The van der Waals surface area contributed by atoms with E-state index in [9.17, 15) is 0 Å². The summed E-state index contributed by atoms with van der Waals surface area (Å²) in [6.07, 6.45) is 0. The van der Waals surface area contributed by atoms with E-state index in [0.717, 1.165) is 0 Å². The van der Waals surface area contributed by atoms with Crippen molar-refractivity contribution in [1.82, 2.24) is 16.6 Å². The van der Waals surface area contributed by atoms with Gasteiger partial charge in [-0.15, -0.1) is 0 Å². The Hall–Kier alpha value is -1.46. The zero-order chi connectivity index (χ0) is 6.57. The Morgan fingerprint density at radius 2 is 1.75 bits per heavy atom. The molecular weight excluding hydrogens is 108 g/mol. The second kappa shape index (κ2) is 2.67. The first-order chi connectivity index (χ1) is 3.63. The number of guanidine groups is 2. The molecule has 8 heavy (non-hydrogen) atoms. The van der Waals surface area contributed by atoms with Crippen LogP contribution < -0.4 is 22.3 Å². The Bertz CT molecular complexity index is 91.1. The van der Waals surface area contributed by atoms with Crippen molar-refractivity contribution in [2.75, 3.05) is 0 Å². The standard InChI is InChI=1S/C2H7N6/c3-1(4)7-8-2(5)6/h3H,(H2,4,7)(H4,5,6,8). The lowest BCUT2D eigenvalue weighted by Crippen LogP contribution is -2.45. The normalized spacial score (nSPS) is 7.50. The molecule has 1 radical (unpaired) electrons. The first kappa shape index (κ1) is 6.54. The molecule has 0 aliphatic rings. The molecule has 6 heteroatoms. The van der Waals surface area contributed by atoms with Crippen LogP contribution in [0.4, 0.5) is 0 Å². The largest absolute Gasteiger partial charge is 0.369 e. The lowest BCUT2D eigenvalue weighted by atomic mass is 11.0. The van der Waals surface area contributed by atoms with E-state index in [-0.39, 0.29) is 5.96 Å². The molecule has 45 valence electrons. The molecule has 0 unspecified atom stereocenters. The highest BCUT2D eigenvalue weighted by Crippen LogP contribution is 1.44. The van der Waals surface area contributed by atoms with E-state index in [0.29, 0.717) is 0 Å². The molecule has 7 N–H and O–H groups in total. The van der Waals surface area contributed by atoms with Crippen molar-refractivity contribution in [1.29, 1.82) is 10.8 Å². The van der Waals surface area contributed by atoms with E-state index in [1.807, 2.05) is 10.9 Å². The number of nitrogens with one attached hydrogen (secondary N) is 5. The maximum absolute atomic E-state index is 6.51.